The van der Waals surface area contributed by atoms with Crippen molar-refractivity contribution >= 4 is 27.4 Å². The third kappa shape index (κ3) is 5.07. The minimum absolute atomic E-state index is 0.00628. The van der Waals surface area contributed by atoms with Crippen molar-refractivity contribution in [1.29, 1.82) is 0 Å². The number of amides is 1. The first-order valence-corrected chi connectivity index (χ1v) is 12.3. The number of nitrogens with zero attached hydrogens (tertiary/aromatic N) is 5. The predicted molar refractivity (Wildman–Crippen MR) is 134 cm³/mol. The highest BCUT2D eigenvalue weighted by atomic mass is 32.2. The lowest BCUT2D eigenvalue weighted by Crippen LogP contribution is -2.26. The quantitative estimate of drug-likeness (QED) is 0.437. The third-order valence-corrected chi connectivity index (χ3v) is 7.12. The van der Waals surface area contributed by atoms with E-state index >= 15 is 0 Å². The Labute approximate surface area is 204 Å². The van der Waals surface area contributed by atoms with E-state index in [4.69, 9.17) is 0 Å². The molecule has 0 radical (unpaired) electrons. The summed E-state index contributed by atoms with van der Waals surface area (Å²) in [5, 5.41) is 7.42. The van der Waals surface area contributed by atoms with E-state index in [1.807, 2.05) is 26.8 Å². The van der Waals surface area contributed by atoms with Gasteiger partial charge < -0.3 is 5.32 Å². The van der Waals surface area contributed by atoms with Crippen LogP contribution in [-0.2, 0) is 15.4 Å². The molecular weight excluding hydrogens is 464 g/mol. The van der Waals surface area contributed by atoms with Gasteiger partial charge in [-0.3, -0.25) is 9.10 Å². The Morgan fingerprint density at radius 2 is 1.63 bits per heavy atom. The van der Waals surface area contributed by atoms with Crippen molar-refractivity contribution in [2.24, 2.45) is 0 Å². The Hall–Kier alpha value is -4.05. The van der Waals surface area contributed by atoms with Crippen molar-refractivity contribution in [1.82, 2.24) is 19.7 Å². The van der Waals surface area contributed by atoms with Gasteiger partial charge in [-0.25, -0.2) is 18.4 Å². The molecule has 10 heteroatoms. The second-order valence-corrected chi connectivity index (χ2v) is 10.9. The molecule has 0 spiro atoms. The van der Waals surface area contributed by atoms with E-state index in [2.05, 4.69) is 20.4 Å². The van der Waals surface area contributed by atoms with Crippen molar-refractivity contribution in [3.05, 3.63) is 90.4 Å². The second-order valence-electron chi connectivity index (χ2n) is 8.92. The Morgan fingerprint density at radius 3 is 2.29 bits per heavy atom. The number of hydrogen-bond acceptors (Lipinski definition) is 6. The summed E-state index contributed by atoms with van der Waals surface area (Å²) in [6.45, 7) is 6.03. The Balaban J connectivity index is 1.66. The smallest absolute Gasteiger partial charge is 0.264 e. The number of nitrogens with one attached hydrogen (secondary N) is 1. The van der Waals surface area contributed by atoms with Gasteiger partial charge in [-0.2, -0.15) is 9.78 Å². The van der Waals surface area contributed by atoms with Gasteiger partial charge in [0.1, 0.15) is 5.82 Å². The summed E-state index contributed by atoms with van der Waals surface area (Å²) >= 11 is 0. The molecule has 4 rings (SSSR count). The molecule has 0 aliphatic rings. The Morgan fingerprint density at radius 1 is 0.943 bits per heavy atom. The molecule has 0 bridgehead atoms. The number of rotatable bonds is 6. The fourth-order valence-corrected chi connectivity index (χ4v) is 4.55. The van der Waals surface area contributed by atoms with E-state index in [1.54, 1.807) is 60.9 Å². The molecule has 1 amide bonds. The van der Waals surface area contributed by atoms with Crippen LogP contribution >= 0.6 is 0 Å². The van der Waals surface area contributed by atoms with E-state index in [-0.39, 0.29) is 15.9 Å². The van der Waals surface area contributed by atoms with Gasteiger partial charge in [0.2, 0.25) is 0 Å². The molecule has 1 N–H and O–H groups in total. The van der Waals surface area contributed by atoms with Gasteiger partial charge in [0, 0.05) is 36.5 Å². The average molecular weight is 491 g/mol. The molecular formula is C25H26N6O3S. The van der Waals surface area contributed by atoms with E-state index < -0.39 is 15.9 Å². The highest BCUT2D eigenvalue weighted by Crippen LogP contribution is 2.26. The maximum absolute atomic E-state index is 13.2. The van der Waals surface area contributed by atoms with Crippen molar-refractivity contribution in [2.75, 3.05) is 16.7 Å². The first kappa shape index (κ1) is 24.1. The topological polar surface area (TPSA) is 110 Å². The summed E-state index contributed by atoms with van der Waals surface area (Å²) in [5.74, 6) is 0.196. The van der Waals surface area contributed by atoms with Crippen molar-refractivity contribution in [2.45, 2.75) is 31.1 Å². The third-order valence-electron chi connectivity index (χ3n) is 5.34. The van der Waals surface area contributed by atoms with Crippen molar-refractivity contribution < 1.29 is 13.2 Å². The van der Waals surface area contributed by atoms with Crippen LogP contribution in [0.2, 0.25) is 0 Å². The van der Waals surface area contributed by atoms with Crippen molar-refractivity contribution in [3.63, 3.8) is 0 Å². The van der Waals surface area contributed by atoms with Gasteiger partial charge in [0.25, 0.3) is 21.9 Å². The van der Waals surface area contributed by atoms with Gasteiger partial charge in [-0.15, -0.1) is 0 Å². The fourth-order valence-electron chi connectivity index (χ4n) is 3.31. The highest BCUT2D eigenvalue weighted by molar-refractivity contribution is 7.92. The second kappa shape index (κ2) is 9.30. The molecule has 0 saturated heterocycles. The van der Waals surface area contributed by atoms with E-state index in [0.29, 0.717) is 17.5 Å². The number of sulfonamides is 1. The van der Waals surface area contributed by atoms with Crippen LogP contribution in [0, 0.1) is 0 Å². The van der Waals surface area contributed by atoms with E-state index in [1.165, 1.54) is 28.2 Å². The summed E-state index contributed by atoms with van der Waals surface area (Å²) < 4.78 is 29.0. The van der Waals surface area contributed by atoms with Crippen LogP contribution in [0.5, 0.6) is 0 Å². The van der Waals surface area contributed by atoms with Crippen LogP contribution in [0.4, 0.5) is 11.5 Å². The van der Waals surface area contributed by atoms with Crippen LogP contribution in [-0.4, -0.2) is 41.1 Å². The molecule has 2 heterocycles. The predicted octanol–water partition coefficient (Wildman–Crippen LogP) is 4.04. The molecule has 0 saturated carbocycles. The summed E-state index contributed by atoms with van der Waals surface area (Å²) in [7, 11) is -2.40. The fraction of sp³-hybridized carbons (Fsp3) is 0.200. The number of benzene rings is 2. The van der Waals surface area contributed by atoms with Gasteiger partial charge in [0.05, 0.1) is 16.3 Å². The number of hydrogen-bond donors (Lipinski definition) is 1. The molecule has 0 unspecified atom stereocenters. The number of carbonyl (C=O) groups is 1. The minimum Gasteiger partial charge on any atom is -0.306 e. The van der Waals surface area contributed by atoms with Crippen LogP contribution in [0.15, 0.2) is 84.0 Å². The normalized spacial score (nSPS) is 11.8. The summed E-state index contributed by atoms with van der Waals surface area (Å²) in [5.41, 5.74) is 1.16. The molecule has 0 aliphatic heterocycles. The lowest BCUT2D eigenvalue weighted by Gasteiger charge is -2.19. The first-order valence-electron chi connectivity index (χ1n) is 10.9. The molecule has 2 aromatic carbocycles. The summed E-state index contributed by atoms with van der Waals surface area (Å²) in [4.78, 5) is 21.6. The monoisotopic (exact) mass is 490 g/mol. The van der Waals surface area contributed by atoms with Gasteiger partial charge >= 0.3 is 0 Å². The zero-order chi connectivity index (χ0) is 25.2. The lowest BCUT2D eigenvalue weighted by molar-refractivity contribution is 0.102. The molecule has 0 aliphatic carbocycles. The van der Waals surface area contributed by atoms with E-state index in [9.17, 15) is 13.2 Å². The Kier molecular flexibility index (Phi) is 6.40. The highest BCUT2D eigenvalue weighted by Gasteiger charge is 2.25. The van der Waals surface area contributed by atoms with Crippen LogP contribution in [0.1, 0.15) is 36.8 Å². The Bertz CT molecular complexity index is 1450. The summed E-state index contributed by atoms with van der Waals surface area (Å²) in [6, 6.07) is 18.1. The maximum Gasteiger partial charge on any atom is 0.264 e. The maximum atomic E-state index is 13.2. The van der Waals surface area contributed by atoms with Crippen LogP contribution < -0.4 is 9.62 Å². The molecule has 2 aromatic heterocycles. The van der Waals surface area contributed by atoms with Crippen LogP contribution in [0.3, 0.4) is 0 Å². The zero-order valence-electron chi connectivity index (χ0n) is 19.9. The summed E-state index contributed by atoms with van der Waals surface area (Å²) in [6.07, 6.45) is 3.17. The van der Waals surface area contributed by atoms with Gasteiger partial charge in [-0.05, 0) is 36.4 Å². The largest absolute Gasteiger partial charge is 0.306 e. The minimum atomic E-state index is -3.87. The lowest BCUT2D eigenvalue weighted by atomic mass is 9.92. The number of carbonyl (C=O) groups excluding carboxylic acids is 1. The number of aromatic nitrogens is 4. The van der Waals surface area contributed by atoms with E-state index in [0.717, 1.165) is 5.69 Å². The number of para-hydroxylation sites is 1. The average Bonchev–Trinajstić information content (AvgIpc) is 3.29. The number of anilines is 2. The molecule has 0 atom stereocenters. The zero-order valence-corrected chi connectivity index (χ0v) is 20.7. The van der Waals surface area contributed by atoms with Gasteiger partial charge in [0.15, 0.2) is 0 Å². The van der Waals surface area contributed by atoms with Crippen molar-refractivity contribution in [3.8, 4) is 5.95 Å². The van der Waals surface area contributed by atoms with Crippen LogP contribution in [0.25, 0.3) is 5.95 Å². The molecule has 0 fully saturated rings. The molecule has 180 valence electrons. The molecule has 9 nitrogen and oxygen atoms in total. The SMILES string of the molecule is CN(c1ccccc1)S(=O)(=O)c1cccc(C(=O)Nc2cc(C(C)(C)C)nn2-c2ncccn2)c1. The first-order chi connectivity index (χ1) is 16.6. The molecule has 35 heavy (non-hydrogen) atoms. The molecule has 4 aromatic rings. The standard InChI is InChI=1S/C25H26N6O3S/c1-25(2,3)21-17-22(31(29-21)24-26-14-9-15-27-24)28-23(32)18-10-8-13-20(16-18)35(33,34)30(4)19-11-6-5-7-12-19/h5-17H,1-4H3,(H,28,32). The van der Waals surface area contributed by atoms with Gasteiger partial charge in [-0.1, -0.05) is 45.0 Å².